The molecule has 1 aromatic heterocycles. The zero-order chi connectivity index (χ0) is 16.2. The molecular formula is C18H13FN2OS. The van der Waals surface area contributed by atoms with Gasteiger partial charge in [0.25, 0.3) is 0 Å². The van der Waals surface area contributed by atoms with Crippen molar-refractivity contribution in [2.24, 2.45) is 0 Å². The smallest absolute Gasteiger partial charge is 0.190 e. The lowest BCUT2D eigenvalue weighted by atomic mass is 10.2. The first-order valence-electron chi connectivity index (χ1n) is 7.06. The third-order valence-corrected chi connectivity index (χ3v) is 4.62. The fourth-order valence-electron chi connectivity index (χ4n) is 2.40. The molecule has 3 nitrogen and oxygen atoms in total. The molecule has 0 N–H and O–H groups in total. The second kappa shape index (κ2) is 6.67. The number of nitrogens with zero attached hydrogens (tertiary/aromatic N) is 2. The molecule has 5 heteroatoms. The molecule has 2 aromatic carbocycles. The minimum atomic E-state index is -0.272. The highest BCUT2D eigenvalue weighted by Gasteiger charge is 2.09. The molecule has 0 fully saturated rings. The highest BCUT2D eigenvalue weighted by Crippen LogP contribution is 2.25. The highest BCUT2D eigenvalue weighted by atomic mass is 32.2. The summed E-state index contributed by atoms with van der Waals surface area (Å²) >= 11 is 1.46. The van der Waals surface area contributed by atoms with Crippen LogP contribution in [0.15, 0.2) is 64.4 Å². The van der Waals surface area contributed by atoms with Crippen molar-refractivity contribution in [1.29, 1.82) is 5.26 Å². The van der Waals surface area contributed by atoms with Gasteiger partial charge in [-0.1, -0.05) is 24.3 Å². The van der Waals surface area contributed by atoms with Gasteiger partial charge in [0.1, 0.15) is 12.4 Å². The van der Waals surface area contributed by atoms with Gasteiger partial charge in [-0.25, -0.2) is 4.39 Å². The van der Waals surface area contributed by atoms with E-state index in [0.717, 1.165) is 16.1 Å². The summed E-state index contributed by atoms with van der Waals surface area (Å²) in [5.74, 6) is 0.328. The van der Waals surface area contributed by atoms with Gasteiger partial charge in [0.2, 0.25) is 0 Å². The van der Waals surface area contributed by atoms with E-state index in [1.807, 2.05) is 22.8 Å². The van der Waals surface area contributed by atoms with Crippen LogP contribution >= 0.6 is 11.8 Å². The van der Waals surface area contributed by atoms with Crippen molar-refractivity contribution in [2.75, 3.05) is 0 Å². The molecule has 0 aliphatic rings. The lowest BCUT2D eigenvalue weighted by Gasteiger charge is -2.13. The predicted octanol–water partition coefficient (Wildman–Crippen LogP) is 3.96. The van der Waals surface area contributed by atoms with E-state index in [-0.39, 0.29) is 17.8 Å². The monoisotopic (exact) mass is 324 g/mol. The summed E-state index contributed by atoms with van der Waals surface area (Å²) in [5, 5.41) is 10.4. The molecule has 0 atom stereocenters. The first-order valence-corrected chi connectivity index (χ1v) is 8.04. The predicted molar refractivity (Wildman–Crippen MR) is 89.8 cm³/mol. The molecule has 0 aliphatic carbocycles. The fourth-order valence-corrected chi connectivity index (χ4v) is 3.41. The van der Waals surface area contributed by atoms with Gasteiger partial charge in [0.05, 0.1) is 16.6 Å². The van der Waals surface area contributed by atoms with Crippen LogP contribution in [0.4, 0.5) is 4.39 Å². The second-order valence-corrected chi connectivity index (χ2v) is 6.02. The summed E-state index contributed by atoms with van der Waals surface area (Å²) < 4.78 is 14.8. The molecule has 0 saturated heterocycles. The number of pyridine rings is 1. The maximum atomic E-state index is 13.0. The first kappa shape index (κ1) is 15.3. The Bertz CT molecular complexity index is 942. The Morgan fingerprint density at radius 2 is 1.87 bits per heavy atom. The first-order chi connectivity index (χ1) is 11.2. The number of hydrogen-bond acceptors (Lipinski definition) is 3. The molecule has 0 saturated carbocycles. The van der Waals surface area contributed by atoms with E-state index in [4.69, 9.17) is 5.26 Å². The van der Waals surface area contributed by atoms with Crippen LogP contribution in [0.25, 0.3) is 10.9 Å². The topological polar surface area (TPSA) is 45.8 Å². The Morgan fingerprint density at radius 1 is 1.13 bits per heavy atom. The molecule has 0 bridgehead atoms. The van der Waals surface area contributed by atoms with E-state index < -0.39 is 0 Å². The van der Waals surface area contributed by atoms with Crippen LogP contribution in [0.2, 0.25) is 0 Å². The standard InChI is InChI=1S/C18H13FN2OS/c19-14-7-5-13(6-8-14)12-23-18-11-17(22)15-3-1-2-4-16(15)21(18)10-9-20/h1-8,11H,10,12H2. The van der Waals surface area contributed by atoms with Gasteiger partial charge in [-0.05, 0) is 29.8 Å². The molecule has 23 heavy (non-hydrogen) atoms. The van der Waals surface area contributed by atoms with Crippen molar-refractivity contribution in [3.63, 3.8) is 0 Å². The van der Waals surface area contributed by atoms with E-state index in [0.29, 0.717) is 11.1 Å². The Morgan fingerprint density at radius 3 is 2.61 bits per heavy atom. The zero-order valence-corrected chi connectivity index (χ0v) is 13.0. The van der Waals surface area contributed by atoms with Gasteiger partial charge in [-0.15, -0.1) is 11.8 Å². The maximum absolute atomic E-state index is 13.0. The van der Waals surface area contributed by atoms with Crippen LogP contribution in [0.5, 0.6) is 0 Å². The number of thioether (sulfide) groups is 1. The Hall–Kier alpha value is -2.58. The molecule has 3 rings (SSSR count). The maximum Gasteiger partial charge on any atom is 0.190 e. The normalized spacial score (nSPS) is 10.6. The lowest BCUT2D eigenvalue weighted by Crippen LogP contribution is -2.11. The van der Waals surface area contributed by atoms with Crippen molar-refractivity contribution >= 4 is 22.7 Å². The van der Waals surface area contributed by atoms with Crippen molar-refractivity contribution < 1.29 is 4.39 Å². The summed E-state index contributed by atoms with van der Waals surface area (Å²) in [6, 6.07) is 17.2. The largest absolute Gasteiger partial charge is 0.321 e. The number of rotatable bonds is 4. The van der Waals surface area contributed by atoms with Gasteiger partial charge in [0.15, 0.2) is 5.43 Å². The number of nitriles is 1. The Kier molecular flexibility index (Phi) is 4.45. The molecule has 0 amide bonds. The Labute approximate surface area is 137 Å². The van der Waals surface area contributed by atoms with E-state index in [2.05, 4.69) is 6.07 Å². The van der Waals surface area contributed by atoms with Crippen LogP contribution in [0.3, 0.4) is 0 Å². The van der Waals surface area contributed by atoms with Crippen molar-refractivity contribution in [1.82, 2.24) is 4.57 Å². The van der Waals surface area contributed by atoms with Crippen LogP contribution in [0, 0.1) is 17.1 Å². The minimum Gasteiger partial charge on any atom is -0.321 e. The lowest BCUT2D eigenvalue weighted by molar-refractivity contribution is 0.627. The zero-order valence-electron chi connectivity index (χ0n) is 12.2. The summed E-state index contributed by atoms with van der Waals surface area (Å²) in [6.07, 6.45) is 0. The SMILES string of the molecule is N#CCn1c(SCc2ccc(F)cc2)cc(=O)c2ccccc21. The van der Waals surface area contributed by atoms with Gasteiger partial charge in [-0.3, -0.25) is 4.79 Å². The average molecular weight is 324 g/mol. The van der Waals surface area contributed by atoms with E-state index in [1.165, 1.54) is 23.9 Å². The number of aromatic nitrogens is 1. The molecule has 3 aromatic rings. The molecular weight excluding hydrogens is 311 g/mol. The number of para-hydroxylation sites is 1. The third-order valence-electron chi connectivity index (χ3n) is 3.51. The molecule has 1 heterocycles. The minimum absolute atomic E-state index is 0.0589. The van der Waals surface area contributed by atoms with E-state index in [1.54, 1.807) is 24.3 Å². The molecule has 0 spiro atoms. The summed E-state index contributed by atoms with van der Waals surface area (Å²) in [6.45, 7) is 0.173. The van der Waals surface area contributed by atoms with Crippen molar-refractivity contribution in [3.05, 3.63) is 76.2 Å². The average Bonchev–Trinajstić information content (AvgIpc) is 2.57. The second-order valence-electron chi connectivity index (χ2n) is 5.02. The van der Waals surface area contributed by atoms with Crippen LogP contribution < -0.4 is 5.43 Å². The number of hydrogen-bond donors (Lipinski definition) is 0. The van der Waals surface area contributed by atoms with Gasteiger partial charge >= 0.3 is 0 Å². The van der Waals surface area contributed by atoms with E-state index >= 15 is 0 Å². The summed E-state index contributed by atoms with van der Waals surface area (Å²) in [4.78, 5) is 12.3. The van der Waals surface area contributed by atoms with Crippen LogP contribution in [-0.2, 0) is 12.3 Å². The third kappa shape index (κ3) is 3.27. The highest BCUT2D eigenvalue weighted by molar-refractivity contribution is 7.98. The van der Waals surface area contributed by atoms with Crippen molar-refractivity contribution in [3.8, 4) is 6.07 Å². The fraction of sp³-hybridized carbons (Fsp3) is 0.111. The number of halogens is 1. The summed E-state index contributed by atoms with van der Waals surface area (Å²) in [7, 11) is 0. The van der Waals surface area contributed by atoms with Crippen LogP contribution in [0.1, 0.15) is 5.56 Å². The van der Waals surface area contributed by atoms with Crippen LogP contribution in [-0.4, -0.2) is 4.57 Å². The van der Waals surface area contributed by atoms with Crippen molar-refractivity contribution in [2.45, 2.75) is 17.3 Å². The van der Waals surface area contributed by atoms with E-state index in [9.17, 15) is 9.18 Å². The number of fused-ring (bicyclic) bond motifs is 1. The quantitative estimate of drug-likeness (QED) is 0.683. The molecule has 0 aliphatic heterocycles. The molecule has 114 valence electrons. The van der Waals surface area contributed by atoms with Gasteiger partial charge in [-0.2, -0.15) is 5.26 Å². The number of benzene rings is 2. The Balaban J connectivity index is 1.99. The van der Waals surface area contributed by atoms with Gasteiger partial charge in [0, 0.05) is 17.2 Å². The molecule has 0 unspecified atom stereocenters. The molecule has 0 radical (unpaired) electrons. The summed E-state index contributed by atoms with van der Waals surface area (Å²) in [5.41, 5.74) is 1.65. The van der Waals surface area contributed by atoms with Gasteiger partial charge < -0.3 is 4.57 Å².